The van der Waals surface area contributed by atoms with Crippen molar-refractivity contribution in [3.8, 4) is 0 Å². The van der Waals surface area contributed by atoms with Gasteiger partial charge in [0.25, 0.3) is 5.91 Å². The van der Waals surface area contributed by atoms with Gasteiger partial charge in [-0.2, -0.15) is 0 Å². The van der Waals surface area contributed by atoms with Gasteiger partial charge in [-0.25, -0.2) is 4.98 Å². The molecular formula is C17H27N3O3. The summed E-state index contributed by atoms with van der Waals surface area (Å²) in [5.41, 5.74) is 0.672. The number of ether oxygens (including phenoxy) is 1. The highest BCUT2D eigenvalue weighted by Gasteiger charge is 2.28. The van der Waals surface area contributed by atoms with Crippen molar-refractivity contribution in [3.05, 3.63) is 17.3 Å². The summed E-state index contributed by atoms with van der Waals surface area (Å²) in [7, 11) is 0. The maximum Gasteiger partial charge on any atom is 0.291 e. The zero-order valence-electron chi connectivity index (χ0n) is 14.2. The molecule has 2 saturated heterocycles. The molecule has 0 saturated carbocycles. The average molecular weight is 321 g/mol. The Balaban J connectivity index is 1.64. The monoisotopic (exact) mass is 321 g/mol. The summed E-state index contributed by atoms with van der Waals surface area (Å²) in [6, 6.07) is 0. The minimum atomic E-state index is -0.0581. The van der Waals surface area contributed by atoms with E-state index in [2.05, 4.69) is 9.88 Å². The van der Waals surface area contributed by atoms with Gasteiger partial charge >= 0.3 is 0 Å². The van der Waals surface area contributed by atoms with E-state index in [9.17, 15) is 4.79 Å². The second-order valence-electron chi connectivity index (χ2n) is 6.61. The molecular weight excluding hydrogens is 294 g/mol. The fraction of sp³-hybridized carbons (Fsp3) is 0.765. The Bertz CT molecular complexity index is 537. The normalized spacial score (nSPS) is 23.7. The second-order valence-corrected chi connectivity index (χ2v) is 6.61. The third kappa shape index (κ3) is 4.12. The second kappa shape index (κ2) is 7.45. The SMILES string of the molecule is Cc1nc(C)c(C(=O)N2CCCO[C@@H](CN3CCCCC3)C2)o1. The van der Waals surface area contributed by atoms with E-state index in [4.69, 9.17) is 9.15 Å². The smallest absolute Gasteiger partial charge is 0.291 e. The number of hydrogen-bond acceptors (Lipinski definition) is 5. The Morgan fingerprint density at radius 3 is 2.65 bits per heavy atom. The summed E-state index contributed by atoms with van der Waals surface area (Å²) in [5.74, 6) is 0.861. The molecule has 1 amide bonds. The zero-order valence-corrected chi connectivity index (χ0v) is 14.2. The van der Waals surface area contributed by atoms with Crippen LogP contribution in [0.5, 0.6) is 0 Å². The molecule has 0 aromatic carbocycles. The number of carbonyl (C=O) groups is 1. The highest BCUT2D eigenvalue weighted by atomic mass is 16.5. The number of aromatic nitrogens is 1. The van der Waals surface area contributed by atoms with E-state index in [1.165, 1.54) is 19.3 Å². The van der Waals surface area contributed by atoms with Crippen LogP contribution in [0.3, 0.4) is 0 Å². The predicted molar refractivity (Wildman–Crippen MR) is 86.5 cm³/mol. The number of oxazole rings is 1. The van der Waals surface area contributed by atoms with Crippen LogP contribution in [0, 0.1) is 13.8 Å². The first-order chi connectivity index (χ1) is 11.1. The van der Waals surface area contributed by atoms with Crippen LogP contribution in [-0.2, 0) is 4.74 Å². The van der Waals surface area contributed by atoms with Crippen LogP contribution in [0.2, 0.25) is 0 Å². The van der Waals surface area contributed by atoms with Crippen molar-refractivity contribution >= 4 is 5.91 Å². The Morgan fingerprint density at radius 2 is 1.96 bits per heavy atom. The fourth-order valence-corrected chi connectivity index (χ4v) is 3.49. The van der Waals surface area contributed by atoms with Crippen LogP contribution in [-0.4, -0.2) is 66.1 Å². The highest BCUT2D eigenvalue weighted by Crippen LogP contribution is 2.17. The molecule has 128 valence electrons. The summed E-state index contributed by atoms with van der Waals surface area (Å²) in [6.45, 7) is 8.87. The van der Waals surface area contributed by atoms with E-state index in [1.807, 2.05) is 11.8 Å². The average Bonchev–Trinajstić information content (AvgIpc) is 2.74. The number of rotatable bonds is 3. The van der Waals surface area contributed by atoms with Crippen molar-refractivity contribution in [1.29, 1.82) is 0 Å². The minimum absolute atomic E-state index is 0.0581. The van der Waals surface area contributed by atoms with Gasteiger partial charge in [0.05, 0.1) is 11.8 Å². The van der Waals surface area contributed by atoms with Crippen molar-refractivity contribution < 1.29 is 13.9 Å². The summed E-state index contributed by atoms with van der Waals surface area (Å²) in [4.78, 5) is 21.3. The third-order valence-corrected chi connectivity index (χ3v) is 4.65. The number of amides is 1. The van der Waals surface area contributed by atoms with Crippen LogP contribution in [0.15, 0.2) is 4.42 Å². The van der Waals surface area contributed by atoms with Gasteiger partial charge in [-0.05, 0) is 39.3 Å². The summed E-state index contributed by atoms with van der Waals surface area (Å²) >= 11 is 0. The van der Waals surface area contributed by atoms with Gasteiger partial charge in [-0.3, -0.25) is 4.79 Å². The number of piperidine rings is 1. The van der Waals surface area contributed by atoms with Crippen LogP contribution >= 0.6 is 0 Å². The van der Waals surface area contributed by atoms with E-state index < -0.39 is 0 Å². The number of aryl methyl sites for hydroxylation is 2. The van der Waals surface area contributed by atoms with E-state index in [-0.39, 0.29) is 12.0 Å². The Hall–Kier alpha value is -1.40. The minimum Gasteiger partial charge on any atom is -0.436 e. The van der Waals surface area contributed by atoms with Crippen molar-refractivity contribution in [2.75, 3.05) is 39.3 Å². The molecule has 6 nitrogen and oxygen atoms in total. The summed E-state index contributed by atoms with van der Waals surface area (Å²) in [6.07, 6.45) is 4.83. The first kappa shape index (κ1) is 16.5. The Morgan fingerprint density at radius 1 is 1.17 bits per heavy atom. The van der Waals surface area contributed by atoms with Gasteiger partial charge < -0.3 is 19.0 Å². The van der Waals surface area contributed by atoms with E-state index >= 15 is 0 Å². The molecule has 2 fully saturated rings. The molecule has 6 heteroatoms. The van der Waals surface area contributed by atoms with E-state index in [0.29, 0.717) is 30.4 Å². The summed E-state index contributed by atoms with van der Waals surface area (Å²) < 4.78 is 11.5. The van der Waals surface area contributed by atoms with Crippen LogP contribution in [0.1, 0.15) is 47.8 Å². The number of hydrogen-bond donors (Lipinski definition) is 0. The van der Waals surface area contributed by atoms with Gasteiger partial charge in [-0.1, -0.05) is 6.42 Å². The Kier molecular flexibility index (Phi) is 5.33. The standard InChI is InChI=1S/C17H27N3O3/c1-13-16(23-14(2)18-13)17(21)20-9-6-10-22-15(12-20)11-19-7-4-3-5-8-19/h15H,3-12H2,1-2H3/t15-/m0/s1. The molecule has 1 aromatic heterocycles. The van der Waals surface area contributed by atoms with Gasteiger partial charge in [0.1, 0.15) is 0 Å². The molecule has 3 rings (SSSR count). The Labute approximate surface area is 137 Å². The lowest BCUT2D eigenvalue weighted by Gasteiger charge is -2.31. The lowest BCUT2D eigenvalue weighted by molar-refractivity contribution is 0.0211. The molecule has 2 aliphatic heterocycles. The number of likely N-dealkylation sites (tertiary alicyclic amines) is 1. The fourth-order valence-electron chi connectivity index (χ4n) is 3.49. The van der Waals surface area contributed by atoms with Gasteiger partial charge in [-0.15, -0.1) is 0 Å². The molecule has 0 unspecified atom stereocenters. The lowest BCUT2D eigenvalue weighted by Crippen LogP contribution is -2.43. The van der Waals surface area contributed by atoms with Crippen molar-refractivity contribution in [3.63, 3.8) is 0 Å². The first-order valence-electron chi connectivity index (χ1n) is 8.71. The zero-order chi connectivity index (χ0) is 16.2. The number of nitrogens with zero attached hydrogens (tertiary/aromatic N) is 3. The molecule has 1 aromatic rings. The van der Waals surface area contributed by atoms with Gasteiger partial charge in [0.2, 0.25) is 5.76 Å². The molecule has 0 spiro atoms. The molecule has 0 N–H and O–H groups in total. The molecule has 0 radical (unpaired) electrons. The maximum absolute atomic E-state index is 12.7. The molecule has 0 aliphatic carbocycles. The first-order valence-corrected chi connectivity index (χ1v) is 8.71. The largest absolute Gasteiger partial charge is 0.436 e. The maximum atomic E-state index is 12.7. The van der Waals surface area contributed by atoms with Crippen molar-refractivity contribution in [2.24, 2.45) is 0 Å². The predicted octanol–water partition coefficient (Wildman–Crippen LogP) is 2.01. The highest BCUT2D eigenvalue weighted by molar-refractivity contribution is 5.92. The molecule has 3 heterocycles. The molecule has 2 aliphatic rings. The molecule has 1 atom stereocenters. The van der Waals surface area contributed by atoms with E-state index in [0.717, 1.165) is 32.7 Å². The van der Waals surface area contributed by atoms with Crippen LogP contribution in [0.4, 0.5) is 0 Å². The van der Waals surface area contributed by atoms with Crippen LogP contribution in [0.25, 0.3) is 0 Å². The summed E-state index contributed by atoms with van der Waals surface area (Å²) in [5, 5.41) is 0. The van der Waals surface area contributed by atoms with Crippen molar-refractivity contribution in [2.45, 2.75) is 45.6 Å². The molecule has 23 heavy (non-hydrogen) atoms. The topological polar surface area (TPSA) is 58.8 Å². The van der Waals surface area contributed by atoms with Crippen molar-refractivity contribution in [1.82, 2.24) is 14.8 Å². The third-order valence-electron chi connectivity index (χ3n) is 4.65. The van der Waals surface area contributed by atoms with E-state index in [1.54, 1.807) is 6.92 Å². The van der Waals surface area contributed by atoms with Gasteiger partial charge in [0, 0.05) is 33.2 Å². The molecule has 0 bridgehead atoms. The lowest BCUT2D eigenvalue weighted by atomic mass is 10.1. The quantitative estimate of drug-likeness (QED) is 0.852. The van der Waals surface area contributed by atoms with Gasteiger partial charge in [0.15, 0.2) is 5.89 Å². The van der Waals surface area contributed by atoms with Crippen LogP contribution < -0.4 is 0 Å². The number of carbonyl (C=O) groups excluding carboxylic acids is 1.